The average molecular weight is 1020 g/mol. The van der Waals surface area contributed by atoms with E-state index in [9.17, 15) is 0 Å². The standard InChI is InChI=1S/C70H83O4P/c1-44(2)64-56(50-32-19-23-38-60(50)71-9)42-57(51-33-20-24-39-61(51)72-10)65(45(3)4)68(64)54-36-27-37-55(70(54)75(48-28-15-13-16-29-48)49-30-17-14-18-31-49)69-66(46(5)6)58(52-34-21-25-40-62(52)73-11)43-59(67(69)47(7)8)53-35-22-26-41-63(53)74-12/h19-27,32-49H,13-18,28-31H2,1-12H3. The Morgan fingerprint density at radius 1 is 0.320 bits per heavy atom. The van der Waals surface area contributed by atoms with E-state index in [-0.39, 0.29) is 23.7 Å². The third kappa shape index (κ3) is 10.6. The normalized spacial score (nSPS) is 14.6. The summed E-state index contributed by atoms with van der Waals surface area (Å²) >= 11 is 0. The smallest absolute Gasteiger partial charge is 0.126 e. The van der Waals surface area contributed by atoms with E-state index in [1.807, 2.05) is 28.4 Å². The minimum Gasteiger partial charge on any atom is -0.496 e. The molecule has 0 saturated heterocycles. The van der Waals surface area contributed by atoms with Gasteiger partial charge in [-0.15, -0.1) is 0 Å². The maximum atomic E-state index is 6.31. The summed E-state index contributed by atoms with van der Waals surface area (Å²) in [6.45, 7) is 19.4. The summed E-state index contributed by atoms with van der Waals surface area (Å²) < 4.78 is 25.2. The number of para-hydroxylation sites is 4. The van der Waals surface area contributed by atoms with Gasteiger partial charge in [0, 0.05) is 22.3 Å². The molecule has 75 heavy (non-hydrogen) atoms. The second-order valence-electron chi connectivity index (χ2n) is 22.5. The number of hydrogen-bond donors (Lipinski definition) is 0. The molecule has 0 atom stereocenters. The first-order valence-corrected chi connectivity index (χ1v) is 29.8. The molecular formula is C70H83O4P. The lowest BCUT2D eigenvalue weighted by Gasteiger charge is -2.42. The van der Waals surface area contributed by atoms with E-state index in [2.05, 4.69) is 183 Å². The summed E-state index contributed by atoms with van der Waals surface area (Å²) in [6, 6.07) is 47.2. The Hall–Kier alpha value is -5.83. The molecule has 2 aliphatic rings. The van der Waals surface area contributed by atoms with Gasteiger partial charge in [-0.2, -0.15) is 0 Å². The molecule has 0 aliphatic heterocycles. The molecule has 9 rings (SSSR count). The monoisotopic (exact) mass is 1020 g/mol. The van der Waals surface area contributed by atoms with Crippen LogP contribution in [0.1, 0.15) is 166 Å². The fourth-order valence-electron chi connectivity index (χ4n) is 13.4. The lowest BCUT2D eigenvalue weighted by molar-refractivity contribution is 0.416. The lowest BCUT2D eigenvalue weighted by atomic mass is 9.74. The number of benzene rings is 7. The zero-order chi connectivity index (χ0) is 52.9. The Labute approximate surface area is 452 Å². The van der Waals surface area contributed by atoms with E-state index in [0.717, 1.165) is 45.3 Å². The van der Waals surface area contributed by atoms with Crippen molar-refractivity contribution in [2.75, 3.05) is 28.4 Å². The van der Waals surface area contributed by atoms with Crippen LogP contribution in [-0.2, 0) is 0 Å². The molecule has 4 nitrogen and oxygen atoms in total. The highest BCUT2D eigenvalue weighted by molar-refractivity contribution is 7.67. The maximum absolute atomic E-state index is 6.31. The van der Waals surface area contributed by atoms with Crippen LogP contribution in [0.3, 0.4) is 0 Å². The van der Waals surface area contributed by atoms with Crippen molar-refractivity contribution < 1.29 is 18.9 Å². The van der Waals surface area contributed by atoms with E-state index in [0.29, 0.717) is 11.3 Å². The van der Waals surface area contributed by atoms with Crippen LogP contribution in [0.2, 0.25) is 0 Å². The number of rotatable bonds is 17. The Morgan fingerprint density at radius 3 is 0.827 bits per heavy atom. The highest BCUT2D eigenvalue weighted by atomic mass is 31.1. The van der Waals surface area contributed by atoms with Gasteiger partial charge in [-0.3, -0.25) is 0 Å². The second-order valence-corrected chi connectivity index (χ2v) is 25.2. The van der Waals surface area contributed by atoms with E-state index in [4.69, 9.17) is 18.9 Å². The fraction of sp³-hybridized carbons (Fsp3) is 0.400. The van der Waals surface area contributed by atoms with Gasteiger partial charge in [-0.25, -0.2) is 0 Å². The fourth-order valence-corrected chi connectivity index (χ4v) is 17.5. The van der Waals surface area contributed by atoms with Gasteiger partial charge in [-0.05, 0) is 169 Å². The van der Waals surface area contributed by atoms with Gasteiger partial charge in [0.1, 0.15) is 23.0 Å². The Kier molecular flexibility index (Phi) is 17.3. The van der Waals surface area contributed by atoms with Crippen molar-refractivity contribution in [3.8, 4) is 89.8 Å². The molecule has 0 radical (unpaired) electrons. The van der Waals surface area contributed by atoms with Crippen LogP contribution in [0.15, 0.2) is 127 Å². The van der Waals surface area contributed by atoms with E-state index in [1.165, 1.54) is 131 Å². The predicted octanol–water partition coefficient (Wildman–Crippen LogP) is 20.0. The van der Waals surface area contributed by atoms with Crippen molar-refractivity contribution in [3.63, 3.8) is 0 Å². The summed E-state index contributed by atoms with van der Waals surface area (Å²) in [4.78, 5) is 0. The molecule has 2 fully saturated rings. The van der Waals surface area contributed by atoms with Gasteiger partial charge >= 0.3 is 0 Å². The molecule has 392 valence electrons. The summed E-state index contributed by atoms with van der Waals surface area (Å²) in [5.74, 6) is 4.26. The summed E-state index contributed by atoms with van der Waals surface area (Å²) in [5.41, 5.74) is 21.8. The first-order chi connectivity index (χ1) is 36.4. The molecule has 0 bridgehead atoms. The molecule has 0 spiro atoms. The molecule has 7 aromatic rings. The van der Waals surface area contributed by atoms with Crippen LogP contribution >= 0.6 is 7.92 Å². The first kappa shape index (κ1) is 54.0. The SMILES string of the molecule is COc1ccccc1-c1cc(-c2ccccc2OC)c(C(C)C)c(-c2cccc(-c3c(C(C)C)c(-c4ccccc4OC)cc(-c4ccccc4OC)c3C(C)C)c2P(C2CCCCC2)C2CCCCC2)c1C(C)C. The average Bonchev–Trinajstić information content (AvgIpc) is 3.49. The molecule has 0 N–H and O–H groups in total. The second kappa shape index (κ2) is 24.0. The van der Waals surface area contributed by atoms with Crippen LogP contribution in [0.4, 0.5) is 0 Å². The zero-order valence-corrected chi connectivity index (χ0v) is 48.1. The van der Waals surface area contributed by atoms with Crippen LogP contribution in [0, 0.1) is 0 Å². The van der Waals surface area contributed by atoms with Crippen LogP contribution in [-0.4, -0.2) is 39.8 Å². The lowest BCUT2D eigenvalue weighted by Crippen LogP contribution is -2.29. The van der Waals surface area contributed by atoms with Crippen LogP contribution in [0.5, 0.6) is 23.0 Å². The highest BCUT2D eigenvalue weighted by Gasteiger charge is 2.39. The molecule has 2 aliphatic carbocycles. The zero-order valence-electron chi connectivity index (χ0n) is 47.2. The molecule has 0 heterocycles. The minimum atomic E-state index is -0.699. The Morgan fingerprint density at radius 2 is 0.573 bits per heavy atom. The Balaban J connectivity index is 1.57. The van der Waals surface area contributed by atoms with Crippen molar-refractivity contribution in [2.24, 2.45) is 0 Å². The van der Waals surface area contributed by atoms with Gasteiger partial charge in [0.25, 0.3) is 0 Å². The molecule has 0 amide bonds. The van der Waals surface area contributed by atoms with Gasteiger partial charge in [0.2, 0.25) is 0 Å². The van der Waals surface area contributed by atoms with Crippen molar-refractivity contribution >= 4 is 13.2 Å². The predicted molar refractivity (Wildman–Crippen MR) is 322 cm³/mol. The maximum Gasteiger partial charge on any atom is 0.126 e. The van der Waals surface area contributed by atoms with Crippen molar-refractivity contribution in [2.45, 2.75) is 155 Å². The third-order valence-corrected chi connectivity index (χ3v) is 20.1. The Bertz CT molecular complexity index is 2730. The summed E-state index contributed by atoms with van der Waals surface area (Å²) in [5, 5.41) is 1.62. The first-order valence-electron chi connectivity index (χ1n) is 28.3. The van der Waals surface area contributed by atoms with E-state index in [1.54, 1.807) is 5.30 Å². The number of hydrogen-bond acceptors (Lipinski definition) is 4. The van der Waals surface area contributed by atoms with Crippen molar-refractivity contribution in [1.82, 2.24) is 0 Å². The van der Waals surface area contributed by atoms with E-state index < -0.39 is 7.92 Å². The van der Waals surface area contributed by atoms with Gasteiger partial charge < -0.3 is 18.9 Å². The molecule has 5 heteroatoms. The minimum absolute atomic E-state index is 0.180. The quantitative estimate of drug-likeness (QED) is 0.0852. The van der Waals surface area contributed by atoms with Gasteiger partial charge in [0.05, 0.1) is 28.4 Å². The van der Waals surface area contributed by atoms with Gasteiger partial charge in [-0.1, -0.05) is 193 Å². The van der Waals surface area contributed by atoms with E-state index >= 15 is 0 Å². The van der Waals surface area contributed by atoms with Gasteiger partial charge in [0.15, 0.2) is 0 Å². The van der Waals surface area contributed by atoms with Crippen molar-refractivity contribution in [1.29, 1.82) is 0 Å². The highest BCUT2D eigenvalue weighted by Crippen LogP contribution is 2.61. The third-order valence-electron chi connectivity index (χ3n) is 16.5. The molecule has 7 aromatic carbocycles. The van der Waals surface area contributed by atoms with Crippen LogP contribution in [0.25, 0.3) is 66.8 Å². The van der Waals surface area contributed by atoms with Crippen molar-refractivity contribution in [3.05, 3.63) is 150 Å². The van der Waals surface area contributed by atoms with Crippen LogP contribution < -0.4 is 24.3 Å². The molecule has 0 aromatic heterocycles. The topological polar surface area (TPSA) is 36.9 Å². The summed E-state index contributed by atoms with van der Waals surface area (Å²) in [6.07, 6.45) is 13.0. The summed E-state index contributed by atoms with van der Waals surface area (Å²) in [7, 11) is 6.57. The molecule has 0 unspecified atom stereocenters. The number of ether oxygens (including phenoxy) is 4. The number of methoxy groups -OCH3 is 4. The molecule has 2 saturated carbocycles. The largest absolute Gasteiger partial charge is 0.496 e. The molecular weight excluding hydrogens is 936 g/mol.